The molecule has 4 aromatic rings. The summed E-state index contributed by atoms with van der Waals surface area (Å²) in [5.74, 6) is 1.09. The van der Waals surface area contributed by atoms with Gasteiger partial charge in [0.05, 0.1) is 12.1 Å². The normalized spacial score (nSPS) is 11.6. The number of rotatable bonds is 4. The van der Waals surface area contributed by atoms with Crippen LogP contribution in [0.5, 0.6) is 0 Å². The van der Waals surface area contributed by atoms with E-state index in [1.54, 1.807) is 31.3 Å². The molecule has 0 unspecified atom stereocenters. The molecular weight excluding hydrogens is 364 g/mol. The number of oxazole rings is 1. The molecule has 1 N–H and O–H groups in total. The maximum atomic E-state index is 12.8. The van der Waals surface area contributed by atoms with Crippen molar-refractivity contribution in [3.05, 3.63) is 57.3 Å². The fraction of sp³-hybridized carbons (Fsp3) is 0.263. The summed E-state index contributed by atoms with van der Waals surface area (Å²) in [4.78, 5) is 38.0. The summed E-state index contributed by atoms with van der Waals surface area (Å²) in [6, 6.07) is 6.99. The van der Waals surface area contributed by atoms with E-state index in [9.17, 15) is 9.59 Å². The number of thiophene rings is 1. The molecule has 138 valence electrons. The summed E-state index contributed by atoms with van der Waals surface area (Å²) in [5, 5.41) is 1.82. The standard InChI is InChI=1S/C19H18N4O3S/c1-10(2)18-21-13-8-11(4-5-14(13)26-18)19(25)23(3)9-15-20-12-6-7-27-16(12)17(24)22-15/h4-8,10H,9H2,1-3H3,(H,20,22,24). The lowest BCUT2D eigenvalue weighted by Crippen LogP contribution is -2.28. The fourth-order valence-electron chi connectivity index (χ4n) is 2.84. The van der Waals surface area contributed by atoms with Gasteiger partial charge in [0, 0.05) is 18.5 Å². The molecule has 0 bridgehead atoms. The van der Waals surface area contributed by atoms with Gasteiger partial charge in [0.25, 0.3) is 11.5 Å². The Morgan fingerprint density at radius 1 is 1.26 bits per heavy atom. The number of amides is 1. The lowest BCUT2D eigenvalue weighted by atomic mass is 10.2. The van der Waals surface area contributed by atoms with E-state index in [0.717, 1.165) is 0 Å². The van der Waals surface area contributed by atoms with Gasteiger partial charge < -0.3 is 14.3 Å². The highest BCUT2D eigenvalue weighted by Crippen LogP contribution is 2.22. The van der Waals surface area contributed by atoms with Crippen molar-refractivity contribution in [2.75, 3.05) is 7.05 Å². The highest BCUT2D eigenvalue weighted by atomic mass is 32.1. The smallest absolute Gasteiger partial charge is 0.268 e. The SMILES string of the molecule is CC(C)c1nc2cc(C(=O)N(C)Cc3nc4ccsc4c(=O)[nH]3)ccc2o1. The molecule has 4 rings (SSSR count). The van der Waals surface area contributed by atoms with Crippen LogP contribution in [0.15, 0.2) is 38.9 Å². The molecule has 7 nitrogen and oxygen atoms in total. The van der Waals surface area contributed by atoms with Gasteiger partial charge in [-0.25, -0.2) is 9.97 Å². The number of carbonyl (C=O) groups excluding carboxylic acids is 1. The zero-order valence-electron chi connectivity index (χ0n) is 15.1. The van der Waals surface area contributed by atoms with Crippen molar-refractivity contribution in [1.29, 1.82) is 0 Å². The fourth-order valence-corrected chi connectivity index (χ4v) is 3.56. The Bertz CT molecular complexity index is 1200. The molecule has 0 aliphatic carbocycles. The van der Waals surface area contributed by atoms with Crippen LogP contribution in [0.4, 0.5) is 0 Å². The van der Waals surface area contributed by atoms with Crippen LogP contribution >= 0.6 is 11.3 Å². The second kappa shape index (κ2) is 6.62. The molecular formula is C19H18N4O3S. The quantitative estimate of drug-likeness (QED) is 0.583. The van der Waals surface area contributed by atoms with Crippen molar-refractivity contribution in [1.82, 2.24) is 19.9 Å². The molecule has 8 heteroatoms. The predicted octanol–water partition coefficient (Wildman–Crippen LogP) is 3.52. The number of aromatic nitrogens is 3. The molecule has 0 spiro atoms. The Labute approximate surface area is 158 Å². The van der Waals surface area contributed by atoms with Crippen LogP contribution in [-0.4, -0.2) is 32.8 Å². The van der Waals surface area contributed by atoms with Gasteiger partial charge in [-0.15, -0.1) is 11.3 Å². The van der Waals surface area contributed by atoms with E-state index in [4.69, 9.17) is 4.42 Å². The van der Waals surface area contributed by atoms with E-state index in [2.05, 4.69) is 15.0 Å². The van der Waals surface area contributed by atoms with Gasteiger partial charge in [0.2, 0.25) is 0 Å². The molecule has 0 atom stereocenters. The minimum atomic E-state index is -0.184. The van der Waals surface area contributed by atoms with Gasteiger partial charge >= 0.3 is 0 Å². The van der Waals surface area contributed by atoms with E-state index >= 15 is 0 Å². The van der Waals surface area contributed by atoms with Crippen LogP contribution in [0.1, 0.15) is 41.8 Å². The number of aromatic amines is 1. The van der Waals surface area contributed by atoms with Crippen LogP contribution < -0.4 is 5.56 Å². The van der Waals surface area contributed by atoms with Gasteiger partial charge in [-0.05, 0) is 29.6 Å². The Morgan fingerprint density at radius 2 is 2.07 bits per heavy atom. The average molecular weight is 382 g/mol. The molecule has 0 aliphatic rings. The third-order valence-electron chi connectivity index (χ3n) is 4.24. The number of fused-ring (bicyclic) bond motifs is 2. The maximum Gasteiger partial charge on any atom is 0.268 e. The van der Waals surface area contributed by atoms with Crippen LogP contribution in [0, 0.1) is 0 Å². The van der Waals surface area contributed by atoms with Crippen molar-refractivity contribution in [2.45, 2.75) is 26.3 Å². The lowest BCUT2D eigenvalue weighted by molar-refractivity contribution is 0.0781. The van der Waals surface area contributed by atoms with Crippen molar-refractivity contribution in [3.8, 4) is 0 Å². The molecule has 0 fully saturated rings. The molecule has 3 heterocycles. The van der Waals surface area contributed by atoms with E-state index < -0.39 is 0 Å². The second-order valence-electron chi connectivity index (χ2n) is 6.70. The molecule has 27 heavy (non-hydrogen) atoms. The van der Waals surface area contributed by atoms with Gasteiger partial charge in [0.15, 0.2) is 11.5 Å². The molecule has 0 radical (unpaired) electrons. The largest absolute Gasteiger partial charge is 0.440 e. The molecule has 0 saturated carbocycles. The van der Waals surface area contributed by atoms with Gasteiger partial charge in [-0.2, -0.15) is 0 Å². The van der Waals surface area contributed by atoms with E-state index in [-0.39, 0.29) is 23.9 Å². The van der Waals surface area contributed by atoms with Crippen LogP contribution in [0.25, 0.3) is 21.3 Å². The zero-order valence-corrected chi connectivity index (χ0v) is 16.0. The topological polar surface area (TPSA) is 92.1 Å². The first kappa shape index (κ1) is 17.4. The molecule has 0 aliphatic heterocycles. The highest BCUT2D eigenvalue weighted by molar-refractivity contribution is 7.17. The second-order valence-corrected chi connectivity index (χ2v) is 7.61. The minimum Gasteiger partial charge on any atom is -0.440 e. The van der Waals surface area contributed by atoms with Crippen molar-refractivity contribution in [2.24, 2.45) is 0 Å². The van der Waals surface area contributed by atoms with E-state index in [0.29, 0.717) is 38.6 Å². The van der Waals surface area contributed by atoms with Crippen LogP contribution in [0.2, 0.25) is 0 Å². The van der Waals surface area contributed by atoms with Crippen molar-refractivity contribution >= 4 is 38.6 Å². The number of hydrogen-bond acceptors (Lipinski definition) is 6. The number of nitrogens with zero attached hydrogens (tertiary/aromatic N) is 3. The zero-order chi connectivity index (χ0) is 19.1. The van der Waals surface area contributed by atoms with E-state index in [1.165, 1.54) is 16.2 Å². The molecule has 1 aromatic carbocycles. The first-order chi connectivity index (χ1) is 12.9. The Balaban J connectivity index is 1.59. The van der Waals surface area contributed by atoms with E-state index in [1.807, 2.05) is 19.2 Å². The summed E-state index contributed by atoms with van der Waals surface area (Å²) in [5.41, 5.74) is 2.28. The Kier molecular flexibility index (Phi) is 4.27. The summed E-state index contributed by atoms with van der Waals surface area (Å²) >= 11 is 1.35. The van der Waals surface area contributed by atoms with Crippen molar-refractivity contribution < 1.29 is 9.21 Å². The summed E-state index contributed by atoms with van der Waals surface area (Å²) in [7, 11) is 1.67. The first-order valence-electron chi connectivity index (χ1n) is 8.54. The van der Waals surface area contributed by atoms with Gasteiger partial charge in [-0.1, -0.05) is 13.8 Å². The first-order valence-corrected chi connectivity index (χ1v) is 9.42. The number of benzene rings is 1. The monoisotopic (exact) mass is 382 g/mol. The average Bonchev–Trinajstić information content (AvgIpc) is 3.27. The van der Waals surface area contributed by atoms with Crippen molar-refractivity contribution in [3.63, 3.8) is 0 Å². The number of H-pyrrole nitrogens is 1. The Hall–Kier alpha value is -3.00. The number of hydrogen-bond donors (Lipinski definition) is 1. The third kappa shape index (κ3) is 3.23. The highest BCUT2D eigenvalue weighted by Gasteiger charge is 2.17. The van der Waals surface area contributed by atoms with Crippen LogP contribution in [0.3, 0.4) is 0 Å². The molecule has 3 aromatic heterocycles. The third-order valence-corrected chi connectivity index (χ3v) is 5.14. The summed E-state index contributed by atoms with van der Waals surface area (Å²) < 4.78 is 6.27. The minimum absolute atomic E-state index is 0.175. The summed E-state index contributed by atoms with van der Waals surface area (Å²) in [6.07, 6.45) is 0. The Morgan fingerprint density at radius 3 is 2.85 bits per heavy atom. The summed E-state index contributed by atoms with van der Waals surface area (Å²) in [6.45, 7) is 4.21. The number of nitrogens with one attached hydrogen (secondary N) is 1. The predicted molar refractivity (Wildman–Crippen MR) is 104 cm³/mol. The molecule has 0 saturated heterocycles. The van der Waals surface area contributed by atoms with Gasteiger partial charge in [0.1, 0.15) is 16.0 Å². The maximum absolute atomic E-state index is 12.8. The lowest BCUT2D eigenvalue weighted by Gasteiger charge is -2.16. The van der Waals surface area contributed by atoms with Gasteiger partial charge in [-0.3, -0.25) is 9.59 Å². The number of carbonyl (C=O) groups is 1. The van der Waals surface area contributed by atoms with Crippen LogP contribution in [-0.2, 0) is 6.54 Å². The molecule has 1 amide bonds.